The summed E-state index contributed by atoms with van der Waals surface area (Å²) in [6.45, 7) is 1.89. The van der Waals surface area contributed by atoms with Crippen LogP contribution in [-0.4, -0.2) is 62.3 Å². The molecule has 8 heteroatoms. The smallest absolute Gasteiger partial charge is 0.243 e. The molecule has 0 aromatic heterocycles. The molecule has 0 unspecified atom stereocenters. The highest BCUT2D eigenvalue weighted by molar-refractivity contribution is 7.89. The van der Waals surface area contributed by atoms with E-state index in [4.69, 9.17) is 0 Å². The van der Waals surface area contributed by atoms with Gasteiger partial charge in [-0.2, -0.15) is 4.31 Å². The summed E-state index contributed by atoms with van der Waals surface area (Å²) in [5.41, 5.74) is -0.343. The molecular weight excluding hydrogens is 333 g/mol. The summed E-state index contributed by atoms with van der Waals surface area (Å²) in [5, 5.41) is 2.85. The number of nitrogens with zero attached hydrogens (tertiary/aromatic N) is 2. The van der Waals surface area contributed by atoms with Gasteiger partial charge < -0.3 is 5.32 Å². The van der Waals surface area contributed by atoms with Crippen molar-refractivity contribution in [3.8, 4) is 0 Å². The number of hydrogen-bond acceptors (Lipinski definition) is 4. The molecule has 2 aliphatic heterocycles. The number of amides is 1. The molecule has 0 aliphatic carbocycles. The zero-order valence-electron chi connectivity index (χ0n) is 13.7. The number of rotatable bonds is 2. The summed E-state index contributed by atoms with van der Waals surface area (Å²) in [7, 11) is -1.68. The van der Waals surface area contributed by atoms with E-state index in [0.717, 1.165) is 12.1 Å². The molecule has 6 nitrogen and oxygen atoms in total. The first-order valence-electron chi connectivity index (χ1n) is 8.07. The third-order valence-corrected chi connectivity index (χ3v) is 7.01. The van der Waals surface area contributed by atoms with E-state index in [1.165, 1.54) is 16.4 Å². The van der Waals surface area contributed by atoms with Crippen molar-refractivity contribution < 1.29 is 17.6 Å². The molecule has 132 valence electrons. The summed E-state index contributed by atoms with van der Waals surface area (Å²) >= 11 is 0. The summed E-state index contributed by atoms with van der Waals surface area (Å²) in [6, 6.07) is 4.92. The van der Waals surface area contributed by atoms with Crippen molar-refractivity contribution in [3.63, 3.8) is 0 Å². The van der Waals surface area contributed by atoms with Gasteiger partial charge in [-0.25, -0.2) is 12.8 Å². The average molecular weight is 355 g/mol. The van der Waals surface area contributed by atoms with Crippen LogP contribution in [-0.2, 0) is 14.8 Å². The number of benzene rings is 1. The lowest BCUT2D eigenvalue weighted by atomic mass is 9.87. The van der Waals surface area contributed by atoms with Crippen molar-refractivity contribution in [3.05, 3.63) is 30.1 Å². The van der Waals surface area contributed by atoms with E-state index < -0.39 is 15.8 Å². The van der Waals surface area contributed by atoms with Gasteiger partial charge in [0.1, 0.15) is 5.82 Å². The van der Waals surface area contributed by atoms with E-state index >= 15 is 0 Å². The van der Waals surface area contributed by atoms with Crippen LogP contribution in [0.1, 0.15) is 19.3 Å². The summed E-state index contributed by atoms with van der Waals surface area (Å²) in [5.74, 6) is -0.448. The van der Waals surface area contributed by atoms with Crippen LogP contribution in [0.5, 0.6) is 0 Å². The van der Waals surface area contributed by atoms with Gasteiger partial charge >= 0.3 is 0 Å². The van der Waals surface area contributed by atoms with Gasteiger partial charge in [0.05, 0.1) is 4.90 Å². The van der Waals surface area contributed by atoms with Crippen LogP contribution in [0.15, 0.2) is 29.2 Å². The molecule has 0 saturated carbocycles. The molecule has 2 aliphatic rings. The van der Waals surface area contributed by atoms with Crippen molar-refractivity contribution >= 4 is 15.9 Å². The Bertz CT molecular complexity index is 723. The quantitative estimate of drug-likeness (QED) is 0.852. The molecule has 1 spiro atoms. The first-order valence-corrected chi connectivity index (χ1v) is 9.51. The molecule has 1 aromatic carbocycles. The first kappa shape index (κ1) is 17.3. The Morgan fingerprint density at radius 2 is 1.88 bits per heavy atom. The highest BCUT2D eigenvalue weighted by Gasteiger charge is 2.44. The maximum absolute atomic E-state index is 13.1. The minimum atomic E-state index is -3.67. The van der Waals surface area contributed by atoms with E-state index in [9.17, 15) is 17.6 Å². The van der Waals surface area contributed by atoms with Crippen LogP contribution in [0.3, 0.4) is 0 Å². The molecule has 2 fully saturated rings. The molecule has 2 heterocycles. The molecule has 1 atom stereocenters. The Morgan fingerprint density at radius 1 is 1.17 bits per heavy atom. The molecule has 0 bridgehead atoms. The van der Waals surface area contributed by atoms with E-state index in [1.54, 1.807) is 0 Å². The Balaban J connectivity index is 1.87. The number of nitrogens with one attached hydrogen (secondary N) is 1. The molecule has 24 heavy (non-hydrogen) atoms. The van der Waals surface area contributed by atoms with Crippen LogP contribution in [0.4, 0.5) is 4.39 Å². The van der Waals surface area contributed by atoms with E-state index in [0.29, 0.717) is 45.4 Å². The minimum absolute atomic E-state index is 0.0128. The van der Waals surface area contributed by atoms with Crippen LogP contribution in [0, 0.1) is 5.82 Å². The lowest BCUT2D eigenvalue weighted by Crippen LogP contribution is -2.62. The predicted molar refractivity (Wildman–Crippen MR) is 87.4 cm³/mol. The van der Waals surface area contributed by atoms with Gasteiger partial charge in [0.2, 0.25) is 15.9 Å². The van der Waals surface area contributed by atoms with Crippen molar-refractivity contribution in [1.29, 1.82) is 0 Å². The van der Waals surface area contributed by atoms with Crippen LogP contribution >= 0.6 is 0 Å². The number of sulfonamides is 1. The lowest BCUT2D eigenvalue weighted by molar-refractivity contribution is -0.121. The fourth-order valence-electron chi connectivity index (χ4n) is 3.52. The predicted octanol–water partition coefficient (Wildman–Crippen LogP) is 0.801. The van der Waals surface area contributed by atoms with Crippen LogP contribution in [0.2, 0.25) is 0 Å². The molecule has 0 radical (unpaired) electrons. The average Bonchev–Trinajstić information content (AvgIpc) is 2.73. The summed E-state index contributed by atoms with van der Waals surface area (Å²) < 4.78 is 40.3. The Kier molecular flexibility index (Phi) is 4.63. The van der Waals surface area contributed by atoms with Gasteiger partial charge in [-0.1, -0.05) is 0 Å². The zero-order valence-corrected chi connectivity index (χ0v) is 14.5. The monoisotopic (exact) mass is 355 g/mol. The second-order valence-corrected chi connectivity index (χ2v) is 8.48. The second kappa shape index (κ2) is 6.42. The number of carbonyl (C=O) groups is 1. The molecular formula is C16H22FN3O3S. The number of carbonyl (C=O) groups excluding carboxylic acids is 1. The number of piperazine rings is 1. The van der Waals surface area contributed by atoms with Crippen molar-refractivity contribution in [2.45, 2.75) is 29.7 Å². The van der Waals surface area contributed by atoms with Gasteiger partial charge in [-0.05, 0) is 44.2 Å². The van der Waals surface area contributed by atoms with Crippen LogP contribution in [0.25, 0.3) is 0 Å². The fraction of sp³-hybridized carbons (Fsp3) is 0.562. The van der Waals surface area contributed by atoms with Crippen molar-refractivity contribution in [2.24, 2.45) is 0 Å². The van der Waals surface area contributed by atoms with Gasteiger partial charge in [0.15, 0.2) is 0 Å². The molecule has 1 aromatic rings. The summed E-state index contributed by atoms with van der Waals surface area (Å²) in [4.78, 5) is 13.9. The lowest BCUT2D eigenvalue weighted by Gasteiger charge is -2.48. The van der Waals surface area contributed by atoms with Gasteiger partial charge in [0, 0.05) is 38.1 Å². The summed E-state index contributed by atoms with van der Waals surface area (Å²) in [6.07, 6.45) is 1.74. The zero-order chi connectivity index (χ0) is 17.4. The highest BCUT2D eigenvalue weighted by Crippen LogP contribution is 2.32. The Labute approximate surface area is 141 Å². The highest BCUT2D eigenvalue weighted by atomic mass is 32.2. The van der Waals surface area contributed by atoms with Gasteiger partial charge in [-0.15, -0.1) is 0 Å². The maximum atomic E-state index is 13.1. The van der Waals surface area contributed by atoms with E-state index in [1.807, 2.05) is 7.05 Å². The first-order chi connectivity index (χ1) is 11.3. The number of likely N-dealkylation sites (N-methyl/N-ethyl adjacent to an activating group) is 1. The standard InChI is InChI=1S/C16H22FN3O3S/c1-19-10-11-20(12-16(19)7-6-15(21)18-9-8-16)24(22,23)14-4-2-13(17)3-5-14/h2-5H,6-12H2,1H3,(H,18,21)/t16-/m0/s1. The topological polar surface area (TPSA) is 69.7 Å². The Morgan fingerprint density at radius 3 is 2.58 bits per heavy atom. The number of halogens is 1. The van der Waals surface area contributed by atoms with Gasteiger partial charge in [-0.3, -0.25) is 9.69 Å². The Hall–Kier alpha value is -1.51. The van der Waals surface area contributed by atoms with Crippen molar-refractivity contribution in [1.82, 2.24) is 14.5 Å². The molecule has 2 saturated heterocycles. The minimum Gasteiger partial charge on any atom is -0.356 e. The third kappa shape index (κ3) is 3.18. The normalized spacial score (nSPS) is 27.0. The largest absolute Gasteiger partial charge is 0.356 e. The van der Waals surface area contributed by atoms with E-state index in [2.05, 4.69) is 10.2 Å². The third-order valence-electron chi connectivity index (χ3n) is 5.15. The van der Waals surface area contributed by atoms with Crippen molar-refractivity contribution in [2.75, 3.05) is 33.2 Å². The van der Waals surface area contributed by atoms with Crippen LogP contribution < -0.4 is 5.32 Å². The SMILES string of the molecule is CN1CCN(S(=O)(=O)c2ccc(F)cc2)C[C@]12CCNC(=O)CC2. The second-order valence-electron chi connectivity index (χ2n) is 6.54. The number of hydrogen-bond donors (Lipinski definition) is 1. The molecule has 1 amide bonds. The van der Waals surface area contributed by atoms with Gasteiger partial charge in [0.25, 0.3) is 0 Å². The van der Waals surface area contributed by atoms with E-state index in [-0.39, 0.29) is 16.3 Å². The maximum Gasteiger partial charge on any atom is 0.243 e. The fourth-order valence-corrected chi connectivity index (χ4v) is 5.03. The molecule has 1 N–H and O–H groups in total. The molecule has 3 rings (SSSR count).